The van der Waals surface area contributed by atoms with Gasteiger partial charge in [0.2, 0.25) is 0 Å². The molecule has 0 fully saturated rings. The van der Waals surface area contributed by atoms with Crippen LogP contribution in [-0.4, -0.2) is 52.6 Å². The highest BCUT2D eigenvalue weighted by Crippen LogP contribution is 2.24. The van der Waals surface area contributed by atoms with Crippen molar-refractivity contribution >= 4 is 11.5 Å². The van der Waals surface area contributed by atoms with Crippen LogP contribution in [0.25, 0.3) is 0 Å². The summed E-state index contributed by atoms with van der Waals surface area (Å²) in [4.78, 5) is 9.11. The van der Waals surface area contributed by atoms with Gasteiger partial charge in [-0.1, -0.05) is 54.6 Å². The molecular formula is C33H39N3O4. The fourth-order valence-corrected chi connectivity index (χ4v) is 4.21. The minimum Gasteiger partial charge on any atom is -0.497 e. The van der Waals surface area contributed by atoms with E-state index < -0.39 is 0 Å². The van der Waals surface area contributed by atoms with Crippen LogP contribution in [0.1, 0.15) is 16.7 Å². The quantitative estimate of drug-likeness (QED) is 0.162. The Morgan fingerprint density at radius 1 is 0.650 bits per heavy atom. The lowest BCUT2D eigenvalue weighted by atomic mass is 10.1. The molecule has 0 unspecified atom stereocenters. The molecule has 0 radical (unpaired) electrons. The molecule has 4 aromatic rings. The summed E-state index contributed by atoms with van der Waals surface area (Å²) in [5.74, 6) is 2.43. The first-order valence-electron chi connectivity index (χ1n) is 13.5. The molecule has 0 atom stereocenters. The van der Waals surface area contributed by atoms with E-state index in [4.69, 9.17) is 23.9 Å². The van der Waals surface area contributed by atoms with Crippen molar-refractivity contribution in [2.24, 2.45) is 0 Å². The molecule has 0 aliphatic carbocycles. The lowest BCUT2D eigenvalue weighted by Crippen LogP contribution is -2.23. The molecule has 210 valence electrons. The minimum absolute atomic E-state index is 0.449. The normalized spacial score (nSPS) is 10.8. The number of hydrogen-bond donors (Lipinski definition) is 0. The maximum absolute atomic E-state index is 5.86. The molecule has 3 aromatic carbocycles. The number of hydrogen-bond acceptors (Lipinski definition) is 7. The number of rotatable bonds is 16. The summed E-state index contributed by atoms with van der Waals surface area (Å²) in [6, 6.07) is 30.8. The van der Waals surface area contributed by atoms with Crippen LogP contribution in [0.3, 0.4) is 0 Å². The average molecular weight is 542 g/mol. The molecule has 0 N–H and O–H groups in total. The van der Waals surface area contributed by atoms with E-state index >= 15 is 0 Å². The highest BCUT2D eigenvalue weighted by molar-refractivity contribution is 5.49. The van der Waals surface area contributed by atoms with Crippen LogP contribution in [0, 0.1) is 0 Å². The molecule has 0 amide bonds. The molecule has 0 bridgehead atoms. The highest BCUT2D eigenvalue weighted by atomic mass is 16.5. The second kappa shape index (κ2) is 15.5. The number of benzene rings is 3. The highest BCUT2D eigenvalue weighted by Gasteiger charge is 2.12. The number of nitrogens with zero attached hydrogens (tertiary/aromatic N) is 3. The summed E-state index contributed by atoms with van der Waals surface area (Å²) >= 11 is 0. The molecular weight excluding hydrogens is 502 g/mol. The van der Waals surface area contributed by atoms with Crippen LogP contribution in [0.5, 0.6) is 11.5 Å². The van der Waals surface area contributed by atoms with Crippen LogP contribution in [0.15, 0.2) is 97.2 Å². The van der Waals surface area contributed by atoms with E-state index in [0.29, 0.717) is 51.9 Å². The number of ether oxygens (including phenoxy) is 4. The predicted molar refractivity (Wildman–Crippen MR) is 160 cm³/mol. The second-order valence-electron chi connectivity index (χ2n) is 9.62. The summed E-state index contributed by atoms with van der Waals surface area (Å²) in [7, 11) is 5.80. The van der Waals surface area contributed by atoms with Crippen molar-refractivity contribution in [3.05, 3.63) is 114 Å². The van der Waals surface area contributed by atoms with Gasteiger partial charge in [0, 0.05) is 32.9 Å². The zero-order chi connectivity index (χ0) is 28.0. The van der Waals surface area contributed by atoms with E-state index in [1.54, 1.807) is 13.3 Å². The molecule has 7 nitrogen and oxygen atoms in total. The van der Waals surface area contributed by atoms with Gasteiger partial charge < -0.3 is 28.7 Å². The van der Waals surface area contributed by atoms with Crippen molar-refractivity contribution in [1.82, 2.24) is 4.98 Å². The molecule has 4 rings (SSSR count). The zero-order valence-electron chi connectivity index (χ0n) is 23.7. The van der Waals surface area contributed by atoms with Crippen molar-refractivity contribution in [2.75, 3.05) is 57.4 Å². The van der Waals surface area contributed by atoms with Gasteiger partial charge in [0.1, 0.15) is 23.9 Å². The summed E-state index contributed by atoms with van der Waals surface area (Å²) < 4.78 is 22.6. The van der Waals surface area contributed by atoms with Crippen molar-refractivity contribution in [1.29, 1.82) is 0 Å². The molecule has 0 saturated heterocycles. The van der Waals surface area contributed by atoms with E-state index in [2.05, 4.69) is 72.4 Å². The Labute approximate surface area is 237 Å². The third-order valence-corrected chi connectivity index (χ3v) is 6.33. The van der Waals surface area contributed by atoms with Crippen LogP contribution in [-0.2, 0) is 29.2 Å². The van der Waals surface area contributed by atoms with Crippen molar-refractivity contribution in [3.63, 3.8) is 0 Å². The van der Waals surface area contributed by atoms with Gasteiger partial charge in [0.25, 0.3) is 0 Å². The Hall–Kier alpha value is -4.07. The van der Waals surface area contributed by atoms with Gasteiger partial charge in [0.05, 0.1) is 39.7 Å². The van der Waals surface area contributed by atoms with E-state index in [1.165, 1.54) is 11.3 Å². The number of anilines is 2. The van der Waals surface area contributed by atoms with Crippen LogP contribution in [0.2, 0.25) is 0 Å². The lowest BCUT2D eigenvalue weighted by molar-refractivity contribution is 0.0303. The van der Waals surface area contributed by atoms with Crippen molar-refractivity contribution in [3.8, 4) is 11.5 Å². The van der Waals surface area contributed by atoms with Crippen LogP contribution in [0.4, 0.5) is 11.5 Å². The number of methoxy groups -OCH3 is 1. The molecule has 1 heterocycles. The van der Waals surface area contributed by atoms with Crippen LogP contribution < -0.4 is 19.3 Å². The number of aromatic nitrogens is 1. The molecule has 0 aliphatic heterocycles. The summed E-state index contributed by atoms with van der Waals surface area (Å²) in [5.41, 5.74) is 4.68. The third-order valence-electron chi connectivity index (χ3n) is 6.33. The third kappa shape index (κ3) is 9.29. The monoisotopic (exact) mass is 541 g/mol. The van der Waals surface area contributed by atoms with E-state index in [9.17, 15) is 0 Å². The van der Waals surface area contributed by atoms with E-state index in [-0.39, 0.29) is 0 Å². The van der Waals surface area contributed by atoms with Gasteiger partial charge in [-0.2, -0.15) is 0 Å². The van der Waals surface area contributed by atoms with E-state index in [0.717, 1.165) is 22.7 Å². The fourth-order valence-electron chi connectivity index (χ4n) is 4.21. The average Bonchev–Trinajstić information content (AvgIpc) is 2.99. The first-order valence-corrected chi connectivity index (χ1v) is 13.5. The number of pyridine rings is 1. The summed E-state index contributed by atoms with van der Waals surface area (Å²) in [6.07, 6.45) is 1.77. The first kappa shape index (κ1) is 28.9. The standard InChI is InChI=1S/C33H39N3O4/c1-35(2)30-13-7-11-28(21-30)24-36(25-29-12-8-14-31(22-29)37-3)33-16-15-32(23-34-33)40-20-19-38-17-18-39-26-27-9-5-4-6-10-27/h4-16,21-23H,17-20,24-26H2,1-3H3. The zero-order valence-corrected chi connectivity index (χ0v) is 23.7. The van der Waals surface area contributed by atoms with Gasteiger partial charge in [-0.25, -0.2) is 4.98 Å². The fraction of sp³-hybridized carbons (Fsp3) is 0.303. The van der Waals surface area contributed by atoms with Crippen LogP contribution >= 0.6 is 0 Å². The Morgan fingerprint density at radius 3 is 2.08 bits per heavy atom. The van der Waals surface area contributed by atoms with Crippen molar-refractivity contribution in [2.45, 2.75) is 19.7 Å². The largest absolute Gasteiger partial charge is 0.497 e. The SMILES string of the molecule is COc1cccc(CN(Cc2cccc(N(C)C)c2)c2ccc(OCCOCCOCc3ccccc3)cn2)c1. The molecule has 0 aliphatic rings. The van der Waals surface area contributed by atoms with Gasteiger partial charge in [-0.3, -0.25) is 0 Å². The molecule has 40 heavy (non-hydrogen) atoms. The first-order chi connectivity index (χ1) is 19.6. The summed E-state index contributed by atoms with van der Waals surface area (Å²) in [5, 5.41) is 0. The molecule has 0 spiro atoms. The van der Waals surface area contributed by atoms with Gasteiger partial charge in [0.15, 0.2) is 0 Å². The Bertz CT molecular complexity index is 1280. The Morgan fingerprint density at radius 2 is 1.35 bits per heavy atom. The Balaban J connectivity index is 1.30. The predicted octanol–water partition coefficient (Wildman–Crippen LogP) is 5.98. The smallest absolute Gasteiger partial charge is 0.137 e. The minimum atomic E-state index is 0.449. The molecule has 7 heteroatoms. The maximum atomic E-state index is 5.86. The topological polar surface area (TPSA) is 56.3 Å². The second-order valence-corrected chi connectivity index (χ2v) is 9.62. The Kier molecular flexibility index (Phi) is 11.2. The van der Waals surface area contributed by atoms with Crippen molar-refractivity contribution < 1.29 is 18.9 Å². The molecule has 1 aromatic heterocycles. The lowest BCUT2D eigenvalue weighted by Gasteiger charge is -2.25. The van der Waals surface area contributed by atoms with E-state index in [1.807, 2.05) is 42.5 Å². The van der Waals surface area contributed by atoms with Gasteiger partial charge in [-0.15, -0.1) is 0 Å². The maximum Gasteiger partial charge on any atom is 0.137 e. The summed E-state index contributed by atoms with van der Waals surface area (Å²) in [6.45, 7) is 4.01. The van der Waals surface area contributed by atoms with Gasteiger partial charge in [-0.05, 0) is 53.1 Å². The molecule has 0 saturated carbocycles. The van der Waals surface area contributed by atoms with Gasteiger partial charge >= 0.3 is 0 Å².